The molecule has 1 rings (SSSR count). The molecule has 3 nitrogen and oxygen atoms in total. The molecular weight excluding hydrogens is 138 g/mol. The van der Waals surface area contributed by atoms with E-state index in [0.29, 0.717) is 0 Å². The van der Waals surface area contributed by atoms with Crippen LogP contribution in [0.5, 0.6) is 0 Å². The van der Waals surface area contributed by atoms with E-state index in [0.717, 1.165) is 38.4 Å². The second-order valence-electron chi connectivity index (χ2n) is 3.09. The minimum absolute atomic E-state index is 0.790. The second kappa shape index (κ2) is 3.72. The van der Waals surface area contributed by atoms with Gasteiger partial charge in [-0.25, -0.2) is 0 Å². The van der Waals surface area contributed by atoms with Gasteiger partial charge in [-0.1, -0.05) is 6.92 Å². The molecule has 0 aromatic carbocycles. The van der Waals surface area contributed by atoms with E-state index in [1.165, 1.54) is 0 Å². The van der Waals surface area contributed by atoms with Gasteiger partial charge in [0.1, 0.15) is 0 Å². The lowest BCUT2D eigenvalue weighted by molar-refractivity contribution is 0.212. The molecule has 1 aliphatic heterocycles. The van der Waals surface area contributed by atoms with Gasteiger partial charge in [-0.05, 0) is 7.05 Å². The van der Waals surface area contributed by atoms with Crippen molar-refractivity contribution < 1.29 is 0 Å². The van der Waals surface area contributed by atoms with Gasteiger partial charge in [0.2, 0.25) is 0 Å². The number of hydrogen-bond acceptors (Lipinski definition) is 2. The number of amidine groups is 1. The Morgan fingerprint density at radius 2 is 1.82 bits per heavy atom. The molecule has 0 radical (unpaired) electrons. The van der Waals surface area contributed by atoms with E-state index < -0.39 is 0 Å². The van der Waals surface area contributed by atoms with E-state index in [4.69, 9.17) is 5.41 Å². The van der Waals surface area contributed by atoms with Crippen molar-refractivity contribution >= 4 is 5.84 Å². The maximum Gasteiger partial charge on any atom is 0.0955 e. The number of nitrogens with one attached hydrogen (secondary N) is 1. The Balaban J connectivity index is 2.33. The molecule has 1 N–H and O–H groups in total. The lowest BCUT2D eigenvalue weighted by Crippen LogP contribution is -2.46. The molecule has 3 heteroatoms. The highest BCUT2D eigenvalue weighted by Gasteiger charge is 2.14. The zero-order valence-electron chi connectivity index (χ0n) is 7.43. The van der Waals surface area contributed by atoms with Crippen LogP contribution in [0.4, 0.5) is 0 Å². The number of nitrogens with zero attached hydrogens (tertiary/aromatic N) is 2. The van der Waals surface area contributed by atoms with Crippen LogP contribution in [-0.2, 0) is 0 Å². The predicted octanol–water partition coefficient (Wildman–Crippen LogP) is 0.621. The molecule has 64 valence electrons. The summed E-state index contributed by atoms with van der Waals surface area (Å²) in [6, 6.07) is 0. The summed E-state index contributed by atoms with van der Waals surface area (Å²) in [4.78, 5) is 4.47. The zero-order chi connectivity index (χ0) is 8.27. The fourth-order valence-electron chi connectivity index (χ4n) is 1.30. The van der Waals surface area contributed by atoms with Crippen molar-refractivity contribution in [3.05, 3.63) is 0 Å². The van der Waals surface area contributed by atoms with Crippen LogP contribution >= 0.6 is 0 Å². The van der Waals surface area contributed by atoms with Crippen LogP contribution in [0, 0.1) is 5.41 Å². The third-order valence-corrected chi connectivity index (χ3v) is 2.22. The fourth-order valence-corrected chi connectivity index (χ4v) is 1.30. The highest BCUT2D eigenvalue weighted by molar-refractivity contribution is 5.78. The van der Waals surface area contributed by atoms with Crippen molar-refractivity contribution in [3.8, 4) is 0 Å². The number of piperazine rings is 1. The largest absolute Gasteiger partial charge is 0.358 e. The number of hydrogen-bond donors (Lipinski definition) is 1. The summed E-state index contributed by atoms with van der Waals surface area (Å²) in [5.41, 5.74) is 0. The summed E-state index contributed by atoms with van der Waals surface area (Å²) in [6.07, 6.45) is 0.865. The normalized spacial score (nSPS) is 20.4. The molecule has 0 atom stereocenters. The SMILES string of the molecule is CCC(=N)N1CCN(C)CC1. The molecule has 0 saturated carbocycles. The molecule has 0 bridgehead atoms. The first-order valence-electron chi connectivity index (χ1n) is 4.25. The van der Waals surface area contributed by atoms with E-state index in [-0.39, 0.29) is 0 Å². The molecule has 0 aromatic rings. The van der Waals surface area contributed by atoms with Crippen LogP contribution in [0.2, 0.25) is 0 Å². The molecule has 0 unspecified atom stereocenters. The van der Waals surface area contributed by atoms with Crippen LogP contribution < -0.4 is 0 Å². The van der Waals surface area contributed by atoms with Crippen molar-refractivity contribution in [2.75, 3.05) is 33.2 Å². The van der Waals surface area contributed by atoms with Gasteiger partial charge in [0, 0.05) is 32.6 Å². The molecule has 1 saturated heterocycles. The molecule has 0 spiro atoms. The van der Waals surface area contributed by atoms with Gasteiger partial charge < -0.3 is 9.80 Å². The summed E-state index contributed by atoms with van der Waals surface area (Å²) >= 11 is 0. The van der Waals surface area contributed by atoms with E-state index >= 15 is 0 Å². The first-order chi connectivity index (χ1) is 5.24. The van der Waals surface area contributed by atoms with Gasteiger partial charge >= 0.3 is 0 Å². The van der Waals surface area contributed by atoms with Crippen molar-refractivity contribution in [1.29, 1.82) is 5.41 Å². The van der Waals surface area contributed by atoms with Crippen molar-refractivity contribution in [2.24, 2.45) is 0 Å². The van der Waals surface area contributed by atoms with Gasteiger partial charge in [-0.2, -0.15) is 0 Å². The Morgan fingerprint density at radius 1 is 1.27 bits per heavy atom. The van der Waals surface area contributed by atoms with E-state index in [2.05, 4.69) is 16.8 Å². The molecule has 0 aromatic heterocycles. The second-order valence-corrected chi connectivity index (χ2v) is 3.09. The highest BCUT2D eigenvalue weighted by Crippen LogP contribution is 2.00. The predicted molar refractivity (Wildman–Crippen MR) is 47.1 cm³/mol. The third-order valence-electron chi connectivity index (χ3n) is 2.22. The average molecular weight is 155 g/mol. The van der Waals surface area contributed by atoms with E-state index in [1.807, 2.05) is 6.92 Å². The monoisotopic (exact) mass is 155 g/mol. The quantitative estimate of drug-likeness (QED) is 0.444. The summed E-state index contributed by atoms with van der Waals surface area (Å²) < 4.78 is 0. The Morgan fingerprint density at radius 3 is 2.27 bits per heavy atom. The Bertz CT molecular complexity index is 136. The molecule has 0 amide bonds. The Labute approximate surface area is 68.5 Å². The molecule has 1 aliphatic rings. The van der Waals surface area contributed by atoms with Crippen LogP contribution in [-0.4, -0.2) is 48.9 Å². The van der Waals surface area contributed by atoms with Crippen LogP contribution in [0.15, 0.2) is 0 Å². The van der Waals surface area contributed by atoms with Gasteiger partial charge in [-0.3, -0.25) is 5.41 Å². The van der Waals surface area contributed by atoms with Crippen molar-refractivity contribution in [2.45, 2.75) is 13.3 Å². The highest BCUT2D eigenvalue weighted by atomic mass is 15.3. The van der Waals surface area contributed by atoms with Crippen LogP contribution in [0.25, 0.3) is 0 Å². The first kappa shape index (κ1) is 8.53. The van der Waals surface area contributed by atoms with E-state index in [1.54, 1.807) is 0 Å². The lowest BCUT2D eigenvalue weighted by atomic mass is 10.3. The maximum atomic E-state index is 7.61. The number of rotatable bonds is 1. The average Bonchev–Trinajstić information content (AvgIpc) is 2.05. The van der Waals surface area contributed by atoms with Crippen molar-refractivity contribution in [3.63, 3.8) is 0 Å². The summed E-state index contributed by atoms with van der Waals surface area (Å²) in [7, 11) is 2.13. The molecule has 0 aliphatic carbocycles. The molecule has 1 fully saturated rings. The topological polar surface area (TPSA) is 30.3 Å². The first-order valence-corrected chi connectivity index (χ1v) is 4.25. The minimum atomic E-state index is 0.790. The van der Waals surface area contributed by atoms with Gasteiger partial charge in [0.15, 0.2) is 0 Å². The molecular formula is C8H17N3. The summed E-state index contributed by atoms with van der Waals surface area (Å²) in [5.74, 6) is 0.790. The summed E-state index contributed by atoms with van der Waals surface area (Å²) in [5, 5.41) is 7.61. The fraction of sp³-hybridized carbons (Fsp3) is 0.875. The molecule has 11 heavy (non-hydrogen) atoms. The van der Waals surface area contributed by atoms with Crippen LogP contribution in [0.1, 0.15) is 13.3 Å². The minimum Gasteiger partial charge on any atom is -0.358 e. The Kier molecular flexibility index (Phi) is 2.88. The van der Waals surface area contributed by atoms with Gasteiger partial charge in [0.25, 0.3) is 0 Å². The lowest BCUT2D eigenvalue weighted by Gasteiger charge is -2.33. The van der Waals surface area contributed by atoms with Gasteiger partial charge in [0.05, 0.1) is 5.84 Å². The number of likely N-dealkylation sites (N-methyl/N-ethyl adjacent to an activating group) is 1. The third kappa shape index (κ3) is 2.19. The van der Waals surface area contributed by atoms with Gasteiger partial charge in [-0.15, -0.1) is 0 Å². The van der Waals surface area contributed by atoms with Crippen LogP contribution in [0.3, 0.4) is 0 Å². The molecule has 1 heterocycles. The maximum absolute atomic E-state index is 7.61. The Hall–Kier alpha value is -0.570. The summed E-state index contributed by atoms with van der Waals surface area (Å²) in [6.45, 7) is 6.30. The smallest absolute Gasteiger partial charge is 0.0955 e. The van der Waals surface area contributed by atoms with Crippen molar-refractivity contribution in [1.82, 2.24) is 9.80 Å². The van der Waals surface area contributed by atoms with E-state index in [9.17, 15) is 0 Å². The standard InChI is InChI=1S/C8H17N3/c1-3-8(9)11-6-4-10(2)5-7-11/h9H,3-7H2,1-2H3. The zero-order valence-corrected chi connectivity index (χ0v) is 7.43.